The van der Waals surface area contributed by atoms with Crippen molar-refractivity contribution in [1.29, 1.82) is 0 Å². The first-order valence-electron chi connectivity index (χ1n) is 6.28. The zero-order valence-corrected chi connectivity index (χ0v) is 13.1. The predicted octanol–water partition coefficient (Wildman–Crippen LogP) is 3.66. The summed E-state index contributed by atoms with van der Waals surface area (Å²) in [5.74, 6) is 2.04. The van der Waals surface area contributed by atoms with E-state index in [0.717, 1.165) is 26.7 Å². The summed E-state index contributed by atoms with van der Waals surface area (Å²) in [7, 11) is 0. The van der Waals surface area contributed by atoms with Crippen LogP contribution < -0.4 is 0 Å². The van der Waals surface area contributed by atoms with Crippen LogP contribution in [-0.4, -0.2) is 26.3 Å². The first kappa shape index (κ1) is 12.8. The van der Waals surface area contributed by atoms with Gasteiger partial charge in [0, 0.05) is 15.8 Å². The van der Waals surface area contributed by atoms with E-state index in [1.165, 1.54) is 0 Å². The molecule has 0 N–H and O–H groups in total. The van der Waals surface area contributed by atoms with Crippen LogP contribution in [0.2, 0.25) is 0 Å². The standard InChI is InChI=1S/C14H9BrN4OS/c15-10-5-2-1-4-9(10)11-8-21-14-17-16-13(19(14)18-11)12-6-3-7-20-12/h1-7H,8H2. The number of hydrogen-bond acceptors (Lipinski definition) is 5. The molecular formula is C14H9BrN4OS. The van der Waals surface area contributed by atoms with E-state index in [-0.39, 0.29) is 0 Å². The van der Waals surface area contributed by atoms with Crippen molar-refractivity contribution < 1.29 is 4.42 Å². The molecule has 3 aromatic rings. The first-order valence-corrected chi connectivity index (χ1v) is 8.05. The Kier molecular flexibility index (Phi) is 3.16. The van der Waals surface area contributed by atoms with Gasteiger partial charge in [-0.15, -0.1) is 10.2 Å². The fourth-order valence-electron chi connectivity index (χ4n) is 2.11. The minimum Gasteiger partial charge on any atom is -0.461 e. The van der Waals surface area contributed by atoms with Crippen LogP contribution in [-0.2, 0) is 0 Å². The SMILES string of the molecule is Brc1ccccc1C1=Nn2c(nnc2-c2ccco2)SC1. The quantitative estimate of drug-likeness (QED) is 0.699. The number of thioether (sulfide) groups is 1. The van der Waals surface area contributed by atoms with Crippen molar-refractivity contribution >= 4 is 33.4 Å². The maximum Gasteiger partial charge on any atom is 0.221 e. The molecular weight excluding hydrogens is 352 g/mol. The largest absolute Gasteiger partial charge is 0.461 e. The van der Waals surface area contributed by atoms with Gasteiger partial charge < -0.3 is 4.42 Å². The number of rotatable bonds is 2. The minimum atomic E-state index is 0.617. The fourth-order valence-corrected chi connectivity index (χ4v) is 3.46. The lowest BCUT2D eigenvalue weighted by Gasteiger charge is -2.14. The third-order valence-corrected chi connectivity index (χ3v) is 4.72. The smallest absolute Gasteiger partial charge is 0.221 e. The monoisotopic (exact) mass is 360 g/mol. The molecule has 0 amide bonds. The highest BCUT2D eigenvalue weighted by Crippen LogP contribution is 2.30. The lowest BCUT2D eigenvalue weighted by atomic mass is 10.1. The van der Waals surface area contributed by atoms with Crippen molar-refractivity contribution in [3.63, 3.8) is 0 Å². The van der Waals surface area contributed by atoms with Crippen molar-refractivity contribution in [1.82, 2.24) is 14.9 Å². The predicted molar refractivity (Wildman–Crippen MR) is 84.5 cm³/mol. The van der Waals surface area contributed by atoms with Crippen LogP contribution in [0.4, 0.5) is 0 Å². The summed E-state index contributed by atoms with van der Waals surface area (Å²) in [5, 5.41) is 13.8. The Morgan fingerprint density at radius 2 is 2.05 bits per heavy atom. The zero-order chi connectivity index (χ0) is 14.2. The van der Waals surface area contributed by atoms with Crippen molar-refractivity contribution in [2.75, 3.05) is 5.75 Å². The molecule has 0 atom stereocenters. The number of aromatic nitrogens is 3. The number of nitrogens with zero attached hydrogens (tertiary/aromatic N) is 4. The van der Waals surface area contributed by atoms with Crippen molar-refractivity contribution in [3.05, 3.63) is 52.7 Å². The third kappa shape index (κ3) is 2.22. The number of benzene rings is 1. The number of fused-ring (bicyclic) bond motifs is 1. The van der Waals surface area contributed by atoms with Gasteiger partial charge in [-0.05, 0) is 18.2 Å². The maximum absolute atomic E-state index is 5.40. The molecule has 0 saturated carbocycles. The van der Waals surface area contributed by atoms with Gasteiger partial charge in [0.1, 0.15) is 0 Å². The van der Waals surface area contributed by atoms with E-state index < -0.39 is 0 Å². The molecule has 4 rings (SSSR count). The molecule has 0 fully saturated rings. The molecule has 1 aliphatic rings. The van der Waals surface area contributed by atoms with Crippen LogP contribution in [0.3, 0.4) is 0 Å². The summed E-state index contributed by atoms with van der Waals surface area (Å²) in [6, 6.07) is 11.7. The second kappa shape index (κ2) is 5.16. The summed E-state index contributed by atoms with van der Waals surface area (Å²) < 4.78 is 8.16. The lowest BCUT2D eigenvalue weighted by molar-refractivity contribution is 0.571. The first-order chi connectivity index (χ1) is 10.3. The van der Waals surface area contributed by atoms with Crippen molar-refractivity contribution in [2.24, 2.45) is 5.10 Å². The maximum atomic E-state index is 5.40. The van der Waals surface area contributed by atoms with Crippen molar-refractivity contribution in [2.45, 2.75) is 5.16 Å². The normalized spacial score (nSPS) is 13.9. The van der Waals surface area contributed by atoms with Crippen molar-refractivity contribution in [3.8, 4) is 11.6 Å². The molecule has 1 aliphatic heterocycles. The van der Waals surface area contributed by atoms with Gasteiger partial charge in [0.25, 0.3) is 0 Å². The molecule has 0 unspecified atom stereocenters. The van der Waals surface area contributed by atoms with E-state index >= 15 is 0 Å². The minimum absolute atomic E-state index is 0.617. The molecule has 5 nitrogen and oxygen atoms in total. The van der Waals surface area contributed by atoms with E-state index in [0.29, 0.717) is 11.6 Å². The van der Waals surface area contributed by atoms with Crippen LogP contribution in [0.5, 0.6) is 0 Å². The Morgan fingerprint density at radius 3 is 2.86 bits per heavy atom. The highest BCUT2D eigenvalue weighted by Gasteiger charge is 2.22. The molecule has 7 heteroatoms. The van der Waals surface area contributed by atoms with E-state index in [4.69, 9.17) is 4.42 Å². The van der Waals surface area contributed by atoms with E-state index in [1.54, 1.807) is 22.7 Å². The fraction of sp³-hybridized carbons (Fsp3) is 0.0714. The van der Waals surface area contributed by atoms with Crippen LogP contribution in [0.15, 0.2) is 61.8 Å². The number of furan rings is 1. The summed E-state index contributed by atoms with van der Waals surface area (Å²) in [5.41, 5.74) is 2.06. The van der Waals surface area contributed by atoms with Crippen LogP contribution in [0.1, 0.15) is 5.56 Å². The van der Waals surface area contributed by atoms with Gasteiger partial charge in [-0.25, -0.2) is 0 Å². The van der Waals surface area contributed by atoms with E-state index in [2.05, 4.69) is 31.2 Å². The molecule has 2 aromatic heterocycles. The van der Waals surface area contributed by atoms with Gasteiger partial charge in [0.2, 0.25) is 11.0 Å². The molecule has 0 aliphatic carbocycles. The zero-order valence-electron chi connectivity index (χ0n) is 10.7. The van der Waals surface area contributed by atoms with E-state index in [9.17, 15) is 0 Å². The second-order valence-corrected chi connectivity index (χ2v) is 6.21. The van der Waals surface area contributed by atoms with Gasteiger partial charge >= 0.3 is 0 Å². The topological polar surface area (TPSA) is 56.2 Å². The Balaban J connectivity index is 1.84. The molecule has 0 saturated heterocycles. The van der Waals surface area contributed by atoms with Gasteiger partial charge in [-0.2, -0.15) is 9.78 Å². The van der Waals surface area contributed by atoms with E-state index in [1.807, 2.05) is 36.4 Å². The second-order valence-electron chi connectivity index (χ2n) is 4.41. The van der Waals surface area contributed by atoms with Gasteiger partial charge in [0.05, 0.1) is 12.0 Å². The molecule has 0 radical (unpaired) electrons. The number of hydrogen-bond donors (Lipinski definition) is 0. The molecule has 1 aromatic carbocycles. The van der Waals surface area contributed by atoms with Crippen LogP contribution in [0.25, 0.3) is 11.6 Å². The Morgan fingerprint density at radius 1 is 1.14 bits per heavy atom. The Labute approximate surface area is 133 Å². The average molecular weight is 361 g/mol. The van der Waals surface area contributed by atoms with Gasteiger partial charge in [-0.1, -0.05) is 45.9 Å². The molecule has 0 spiro atoms. The summed E-state index contributed by atoms with van der Waals surface area (Å²) in [4.78, 5) is 0. The highest BCUT2D eigenvalue weighted by atomic mass is 79.9. The van der Waals surface area contributed by atoms with Crippen LogP contribution >= 0.6 is 27.7 Å². The van der Waals surface area contributed by atoms with Gasteiger partial charge in [0.15, 0.2) is 5.76 Å². The average Bonchev–Trinajstić information content (AvgIpc) is 3.16. The van der Waals surface area contributed by atoms with Gasteiger partial charge in [-0.3, -0.25) is 0 Å². The Bertz CT molecular complexity index is 825. The summed E-state index contributed by atoms with van der Waals surface area (Å²) in [6.07, 6.45) is 1.62. The summed E-state index contributed by atoms with van der Waals surface area (Å²) in [6.45, 7) is 0. The third-order valence-electron chi connectivity index (χ3n) is 3.10. The molecule has 104 valence electrons. The number of halogens is 1. The molecule has 21 heavy (non-hydrogen) atoms. The van der Waals surface area contributed by atoms with Crippen LogP contribution in [0, 0.1) is 0 Å². The molecule has 0 bridgehead atoms. The summed E-state index contributed by atoms with van der Waals surface area (Å²) >= 11 is 5.19. The lowest BCUT2D eigenvalue weighted by Crippen LogP contribution is -2.14. The Hall–Kier alpha value is -1.86. The molecule has 3 heterocycles. The highest BCUT2D eigenvalue weighted by molar-refractivity contribution is 9.10.